The molecule has 1 N–H and O–H groups in total. The highest BCUT2D eigenvalue weighted by Crippen LogP contribution is 2.44. The van der Waals surface area contributed by atoms with Crippen LogP contribution in [0.5, 0.6) is 0 Å². The van der Waals surface area contributed by atoms with E-state index >= 15 is 0 Å². The number of hydrogen-bond acceptors (Lipinski definition) is 5. The summed E-state index contributed by atoms with van der Waals surface area (Å²) in [5, 5.41) is 2.38. The fraction of sp³-hybridized carbons (Fsp3) is 0.333. The van der Waals surface area contributed by atoms with Crippen LogP contribution in [0.4, 0.5) is 5.69 Å². The number of ether oxygens (including phenoxy) is 1. The average molecular weight is 355 g/mol. The van der Waals surface area contributed by atoms with Gasteiger partial charge in [-0.3, -0.25) is 19.3 Å². The van der Waals surface area contributed by atoms with Crippen molar-refractivity contribution in [3.05, 3.63) is 29.8 Å². The molecule has 1 atom stereocenters. The summed E-state index contributed by atoms with van der Waals surface area (Å²) < 4.78 is 5.12. The maximum atomic E-state index is 12.9. The van der Waals surface area contributed by atoms with Crippen LogP contribution in [0.2, 0.25) is 0 Å². The van der Waals surface area contributed by atoms with E-state index < -0.39 is 24.1 Å². The molecule has 26 heavy (non-hydrogen) atoms. The minimum atomic E-state index is -1.59. The molecular weight excluding hydrogens is 338 g/mol. The molecule has 8 nitrogen and oxygen atoms in total. The van der Waals surface area contributed by atoms with Crippen molar-refractivity contribution in [2.75, 3.05) is 25.1 Å². The fourth-order valence-corrected chi connectivity index (χ4v) is 3.34. The van der Waals surface area contributed by atoms with Crippen LogP contribution in [0.25, 0.3) is 0 Å². The maximum Gasteiger partial charge on any atom is 0.354 e. The van der Waals surface area contributed by atoms with E-state index in [0.717, 1.165) is 0 Å². The fourth-order valence-electron chi connectivity index (χ4n) is 3.34. The predicted molar refractivity (Wildman–Crippen MR) is 90.8 cm³/mol. The van der Waals surface area contributed by atoms with E-state index in [0.29, 0.717) is 11.3 Å². The zero-order chi connectivity index (χ0) is 18.9. The Labute approximate surface area is 150 Å². The summed E-state index contributed by atoms with van der Waals surface area (Å²) in [4.78, 5) is 52.2. The van der Waals surface area contributed by atoms with Gasteiger partial charge in [0.15, 0.2) is 6.61 Å². The Balaban J connectivity index is 1.93. The Morgan fingerprint density at radius 3 is 2.81 bits per heavy atom. The van der Waals surface area contributed by atoms with Crippen LogP contribution >= 0.6 is 0 Å². The standard InChI is InChI=1S/C18H17N3O5/c1-3-10-19-14(22)11-26-17(25)18-9-8-15(23)21(18)13-7-5-4-6-12(13)16(24)20(18)2/h1,4-7H,8-11H2,2H3,(H,19,22). The number of nitrogens with zero attached hydrogens (tertiary/aromatic N) is 2. The lowest BCUT2D eigenvalue weighted by atomic mass is 9.97. The summed E-state index contributed by atoms with van der Waals surface area (Å²) >= 11 is 0. The van der Waals surface area contributed by atoms with Crippen LogP contribution in [0, 0.1) is 12.3 Å². The first-order valence-electron chi connectivity index (χ1n) is 8.01. The lowest BCUT2D eigenvalue weighted by Crippen LogP contribution is -2.67. The number of carbonyl (C=O) groups is 4. The number of esters is 1. The SMILES string of the molecule is C#CCNC(=O)COC(=O)C12CCC(=O)N1c1ccccc1C(=O)N2C. The van der Waals surface area contributed by atoms with Gasteiger partial charge in [-0.05, 0) is 12.1 Å². The van der Waals surface area contributed by atoms with Crippen molar-refractivity contribution >= 4 is 29.4 Å². The van der Waals surface area contributed by atoms with E-state index in [-0.39, 0.29) is 31.2 Å². The summed E-state index contributed by atoms with van der Waals surface area (Å²) in [5.74, 6) is 0.171. The molecule has 1 aromatic carbocycles. The van der Waals surface area contributed by atoms with E-state index in [2.05, 4.69) is 11.2 Å². The number of carbonyl (C=O) groups excluding carboxylic acids is 4. The largest absolute Gasteiger partial charge is 0.452 e. The number of fused-ring (bicyclic) bond motifs is 3. The highest BCUT2D eigenvalue weighted by atomic mass is 16.5. The number of amides is 3. The van der Waals surface area contributed by atoms with E-state index in [9.17, 15) is 19.2 Å². The molecule has 2 heterocycles. The Morgan fingerprint density at radius 1 is 1.35 bits per heavy atom. The molecule has 3 rings (SSSR count). The molecule has 134 valence electrons. The first-order chi connectivity index (χ1) is 12.4. The third-order valence-electron chi connectivity index (χ3n) is 4.59. The lowest BCUT2D eigenvalue weighted by Gasteiger charge is -2.46. The normalized spacial score (nSPS) is 20.9. The lowest BCUT2D eigenvalue weighted by molar-refractivity contribution is -0.159. The van der Waals surface area contributed by atoms with E-state index in [1.54, 1.807) is 24.3 Å². The Kier molecular flexibility index (Phi) is 4.38. The third-order valence-corrected chi connectivity index (χ3v) is 4.59. The molecule has 1 unspecified atom stereocenters. The van der Waals surface area contributed by atoms with Crippen molar-refractivity contribution in [1.82, 2.24) is 10.2 Å². The van der Waals surface area contributed by atoms with Crippen LogP contribution in [0.3, 0.4) is 0 Å². The molecule has 0 radical (unpaired) electrons. The van der Waals surface area contributed by atoms with Crippen molar-refractivity contribution in [3.63, 3.8) is 0 Å². The van der Waals surface area contributed by atoms with Crippen LogP contribution in [0.15, 0.2) is 24.3 Å². The molecule has 1 saturated heterocycles. The number of para-hydroxylation sites is 1. The Hall–Kier alpha value is -3.34. The summed E-state index contributed by atoms with van der Waals surface area (Å²) in [6.45, 7) is -0.536. The van der Waals surface area contributed by atoms with Crippen molar-refractivity contribution in [3.8, 4) is 12.3 Å². The second-order valence-corrected chi connectivity index (χ2v) is 5.98. The average Bonchev–Trinajstić information content (AvgIpc) is 3.01. The molecule has 3 amide bonds. The highest BCUT2D eigenvalue weighted by molar-refractivity contribution is 6.15. The molecule has 8 heteroatoms. The second-order valence-electron chi connectivity index (χ2n) is 5.98. The Bertz CT molecular complexity index is 843. The zero-order valence-electron chi connectivity index (χ0n) is 14.2. The minimum Gasteiger partial charge on any atom is -0.452 e. The summed E-state index contributed by atoms with van der Waals surface area (Å²) in [6, 6.07) is 6.59. The molecule has 0 aromatic heterocycles. The second kappa shape index (κ2) is 6.52. The molecule has 1 aromatic rings. The smallest absolute Gasteiger partial charge is 0.354 e. The van der Waals surface area contributed by atoms with Gasteiger partial charge in [-0.1, -0.05) is 18.1 Å². The first-order valence-corrected chi connectivity index (χ1v) is 8.01. The van der Waals surface area contributed by atoms with Gasteiger partial charge in [-0.15, -0.1) is 6.42 Å². The van der Waals surface area contributed by atoms with Crippen molar-refractivity contribution < 1.29 is 23.9 Å². The maximum absolute atomic E-state index is 12.9. The Morgan fingerprint density at radius 2 is 2.08 bits per heavy atom. The minimum absolute atomic E-state index is 0.0118. The molecular formula is C18H17N3O5. The number of anilines is 1. The van der Waals surface area contributed by atoms with Crippen LogP contribution in [-0.2, 0) is 19.1 Å². The topological polar surface area (TPSA) is 96.0 Å². The molecule has 0 saturated carbocycles. The molecule has 0 bridgehead atoms. The van der Waals surface area contributed by atoms with Gasteiger partial charge in [-0.25, -0.2) is 4.79 Å². The van der Waals surface area contributed by atoms with Gasteiger partial charge in [0.05, 0.1) is 17.8 Å². The number of terminal acetylenes is 1. The van der Waals surface area contributed by atoms with Crippen molar-refractivity contribution in [2.24, 2.45) is 0 Å². The van der Waals surface area contributed by atoms with Gasteiger partial charge in [-0.2, -0.15) is 0 Å². The number of hydrogen-bond donors (Lipinski definition) is 1. The van der Waals surface area contributed by atoms with E-state index in [4.69, 9.17) is 11.2 Å². The van der Waals surface area contributed by atoms with Gasteiger partial charge in [0.2, 0.25) is 11.6 Å². The summed E-state index contributed by atoms with van der Waals surface area (Å²) in [6.07, 6.45) is 5.23. The molecule has 0 spiro atoms. The number of rotatable bonds is 4. The molecule has 0 aliphatic carbocycles. The number of likely N-dealkylation sites (N-methyl/N-ethyl adjacent to an activating group) is 1. The van der Waals surface area contributed by atoms with E-state index in [1.807, 2.05) is 0 Å². The summed E-state index contributed by atoms with van der Waals surface area (Å²) in [7, 11) is 1.45. The van der Waals surface area contributed by atoms with Gasteiger partial charge >= 0.3 is 5.97 Å². The molecule has 1 fully saturated rings. The third kappa shape index (κ3) is 2.49. The van der Waals surface area contributed by atoms with E-state index in [1.165, 1.54) is 16.8 Å². The first kappa shape index (κ1) is 17.5. The predicted octanol–water partition coefficient (Wildman–Crippen LogP) is -0.112. The van der Waals surface area contributed by atoms with Gasteiger partial charge in [0, 0.05) is 19.9 Å². The van der Waals surface area contributed by atoms with Crippen molar-refractivity contribution in [2.45, 2.75) is 18.5 Å². The zero-order valence-corrected chi connectivity index (χ0v) is 14.2. The monoisotopic (exact) mass is 355 g/mol. The molecule has 2 aliphatic rings. The highest BCUT2D eigenvalue weighted by Gasteiger charge is 2.60. The summed E-state index contributed by atoms with van der Waals surface area (Å²) in [5.41, 5.74) is -0.887. The van der Waals surface area contributed by atoms with Crippen molar-refractivity contribution in [1.29, 1.82) is 0 Å². The van der Waals surface area contributed by atoms with Crippen LogP contribution in [-0.4, -0.2) is 54.5 Å². The number of benzene rings is 1. The van der Waals surface area contributed by atoms with Crippen LogP contribution in [0.1, 0.15) is 23.2 Å². The van der Waals surface area contributed by atoms with Crippen LogP contribution < -0.4 is 10.2 Å². The molecule has 2 aliphatic heterocycles. The number of nitrogens with one attached hydrogen (secondary N) is 1. The quantitative estimate of drug-likeness (QED) is 0.600. The van der Waals surface area contributed by atoms with Gasteiger partial charge in [0.1, 0.15) is 0 Å². The van der Waals surface area contributed by atoms with Gasteiger partial charge < -0.3 is 15.0 Å². The van der Waals surface area contributed by atoms with Gasteiger partial charge in [0.25, 0.3) is 11.8 Å².